The van der Waals surface area contributed by atoms with Gasteiger partial charge in [0.25, 0.3) is 0 Å². The molecule has 1 nitrogen and oxygen atoms in total. The van der Waals surface area contributed by atoms with Crippen LogP contribution in [0.3, 0.4) is 0 Å². The molecule has 0 aromatic heterocycles. The van der Waals surface area contributed by atoms with Crippen molar-refractivity contribution in [3.8, 4) is 22.3 Å². The predicted octanol–water partition coefficient (Wildman–Crippen LogP) is 9.82. The highest BCUT2D eigenvalue weighted by atomic mass is 14.9. The van der Waals surface area contributed by atoms with Crippen LogP contribution in [0.4, 0.5) is 11.4 Å². The Labute approximate surface area is 213 Å². The van der Waals surface area contributed by atoms with Crippen LogP contribution in [0.15, 0.2) is 115 Å². The zero-order valence-corrected chi connectivity index (χ0v) is 20.5. The number of rotatable bonds is 5. The highest BCUT2D eigenvalue weighted by Gasteiger charge is 2.40. The Morgan fingerprint density at radius 2 is 1.33 bits per heavy atom. The van der Waals surface area contributed by atoms with Gasteiger partial charge in [-0.3, -0.25) is 0 Å². The van der Waals surface area contributed by atoms with Crippen molar-refractivity contribution in [1.82, 2.24) is 0 Å². The Bertz CT molecular complexity index is 1530. The topological polar surface area (TPSA) is 12.0 Å². The summed E-state index contributed by atoms with van der Waals surface area (Å²) in [6, 6.07) is 41.9. The molecule has 0 radical (unpaired) electrons. The number of hydrogen-bond acceptors (Lipinski definition) is 1. The third-order valence-electron chi connectivity index (χ3n) is 8.56. The second-order valence-corrected chi connectivity index (χ2v) is 10.6. The van der Waals surface area contributed by atoms with Crippen molar-refractivity contribution in [2.75, 3.05) is 5.32 Å². The first kappa shape index (κ1) is 21.4. The van der Waals surface area contributed by atoms with E-state index in [1.807, 2.05) is 0 Å². The molecule has 7 rings (SSSR count). The second-order valence-electron chi connectivity index (χ2n) is 10.6. The van der Waals surface area contributed by atoms with Gasteiger partial charge in [-0.15, -0.1) is 0 Å². The third-order valence-corrected chi connectivity index (χ3v) is 8.56. The Morgan fingerprint density at radius 1 is 0.556 bits per heavy atom. The fourth-order valence-corrected chi connectivity index (χ4v) is 6.90. The molecular weight excluding hydrogens is 434 g/mol. The lowest BCUT2D eigenvalue weighted by molar-refractivity contribution is 0.422. The van der Waals surface area contributed by atoms with Crippen LogP contribution in [0.25, 0.3) is 33.0 Å². The van der Waals surface area contributed by atoms with Crippen molar-refractivity contribution in [1.29, 1.82) is 0 Å². The average Bonchev–Trinajstić information content (AvgIpc) is 3.58. The highest BCUT2D eigenvalue weighted by Crippen LogP contribution is 2.54. The zero-order chi connectivity index (χ0) is 23.9. The summed E-state index contributed by atoms with van der Waals surface area (Å²) >= 11 is 0. The summed E-state index contributed by atoms with van der Waals surface area (Å²) in [5, 5.41) is 6.52. The molecule has 0 saturated heterocycles. The number of hydrogen-bond donors (Lipinski definition) is 1. The molecule has 2 aliphatic carbocycles. The van der Waals surface area contributed by atoms with Crippen LogP contribution in [0, 0.1) is 11.8 Å². The van der Waals surface area contributed by atoms with Crippen LogP contribution in [0.2, 0.25) is 0 Å². The van der Waals surface area contributed by atoms with E-state index in [-0.39, 0.29) is 0 Å². The molecule has 2 fully saturated rings. The fraction of sp³-hybridized carbons (Fsp3) is 0.200. The van der Waals surface area contributed by atoms with Crippen molar-refractivity contribution in [3.63, 3.8) is 0 Å². The maximum Gasteiger partial charge on any atom is 0.0463 e. The Hall–Kier alpha value is -3.84. The van der Waals surface area contributed by atoms with Gasteiger partial charge in [0.15, 0.2) is 0 Å². The monoisotopic (exact) mass is 465 g/mol. The van der Waals surface area contributed by atoms with Gasteiger partial charge in [-0.05, 0) is 88.2 Å². The number of benzene rings is 5. The number of fused-ring (bicyclic) bond motifs is 3. The van der Waals surface area contributed by atoms with Gasteiger partial charge in [-0.25, -0.2) is 0 Å². The minimum atomic E-state index is 0.741. The maximum atomic E-state index is 3.70. The van der Waals surface area contributed by atoms with Crippen molar-refractivity contribution in [2.24, 2.45) is 11.8 Å². The Morgan fingerprint density at radius 3 is 2.17 bits per heavy atom. The molecule has 176 valence electrons. The van der Waals surface area contributed by atoms with Gasteiger partial charge in [0, 0.05) is 16.9 Å². The first-order valence-corrected chi connectivity index (χ1v) is 13.4. The molecule has 1 N–H and O–H groups in total. The molecule has 0 spiro atoms. The molecule has 3 atom stereocenters. The Balaban J connectivity index is 1.25. The summed E-state index contributed by atoms with van der Waals surface area (Å²) in [4.78, 5) is 0. The van der Waals surface area contributed by atoms with E-state index < -0.39 is 0 Å². The molecule has 2 saturated carbocycles. The zero-order valence-electron chi connectivity index (χ0n) is 20.5. The van der Waals surface area contributed by atoms with Gasteiger partial charge >= 0.3 is 0 Å². The standard InChI is InChI=1S/C35H31N/c1-2-9-25(10-3-1)30-13-6-7-16-35(30)36-28-12-8-11-26(23-28)29-19-20-33(32-15-5-4-14-31(29)32)34-22-24-17-18-27(34)21-24/h1-16,19-20,23-24,27,34,36H,17-18,21-22H2. The van der Waals surface area contributed by atoms with Crippen LogP contribution < -0.4 is 5.32 Å². The summed E-state index contributed by atoms with van der Waals surface area (Å²) in [7, 11) is 0. The van der Waals surface area contributed by atoms with E-state index in [4.69, 9.17) is 0 Å². The molecular formula is C35H31N. The lowest BCUT2D eigenvalue weighted by atomic mass is 9.80. The fourth-order valence-electron chi connectivity index (χ4n) is 6.90. The highest BCUT2D eigenvalue weighted by molar-refractivity contribution is 5.99. The average molecular weight is 466 g/mol. The van der Waals surface area contributed by atoms with Crippen LogP contribution in [0.5, 0.6) is 0 Å². The largest absolute Gasteiger partial charge is 0.355 e. The van der Waals surface area contributed by atoms with E-state index in [0.29, 0.717) is 0 Å². The van der Waals surface area contributed by atoms with E-state index >= 15 is 0 Å². The van der Waals surface area contributed by atoms with E-state index in [1.165, 1.54) is 58.7 Å². The first-order valence-electron chi connectivity index (χ1n) is 13.4. The van der Waals surface area contributed by atoms with Crippen molar-refractivity contribution in [3.05, 3.63) is 121 Å². The van der Waals surface area contributed by atoms with Gasteiger partial charge in [0.1, 0.15) is 0 Å². The van der Waals surface area contributed by atoms with Crippen molar-refractivity contribution < 1.29 is 0 Å². The SMILES string of the molecule is c1ccc(-c2ccccc2Nc2cccc(-c3ccc(C4CC5CCC4C5)c4ccccc34)c2)cc1. The molecule has 5 aromatic rings. The molecule has 5 aromatic carbocycles. The second kappa shape index (κ2) is 8.99. The van der Waals surface area contributed by atoms with E-state index in [9.17, 15) is 0 Å². The number of nitrogens with one attached hydrogen (secondary N) is 1. The lowest BCUT2D eigenvalue weighted by Crippen LogP contribution is -2.09. The summed E-state index contributed by atoms with van der Waals surface area (Å²) in [6.07, 6.45) is 5.70. The molecule has 0 amide bonds. The predicted molar refractivity (Wildman–Crippen MR) is 153 cm³/mol. The summed E-state index contributed by atoms with van der Waals surface area (Å²) in [5.41, 5.74) is 8.82. The molecule has 0 heterocycles. The summed E-state index contributed by atoms with van der Waals surface area (Å²) in [5.74, 6) is 2.59. The van der Waals surface area contributed by atoms with E-state index in [0.717, 1.165) is 29.1 Å². The normalized spacial score (nSPS) is 20.6. The molecule has 0 aliphatic heterocycles. The maximum absolute atomic E-state index is 3.70. The molecule has 36 heavy (non-hydrogen) atoms. The van der Waals surface area contributed by atoms with Crippen LogP contribution >= 0.6 is 0 Å². The van der Waals surface area contributed by atoms with Gasteiger partial charge in [-0.2, -0.15) is 0 Å². The van der Waals surface area contributed by atoms with Gasteiger partial charge in [0.2, 0.25) is 0 Å². The smallest absolute Gasteiger partial charge is 0.0463 e. The minimum absolute atomic E-state index is 0.741. The lowest BCUT2D eigenvalue weighted by Gasteiger charge is -2.24. The quantitative estimate of drug-likeness (QED) is 0.272. The van der Waals surface area contributed by atoms with E-state index in [1.54, 1.807) is 5.56 Å². The third kappa shape index (κ3) is 3.80. The van der Waals surface area contributed by atoms with Crippen LogP contribution in [0.1, 0.15) is 37.2 Å². The van der Waals surface area contributed by atoms with Crippen LogP contribution in [-0.2, 0) is 0 Å². The van der Waals surface area contributed by atoms with Crippen molar-refractivity contribution >= 4 is 22.1 Å². The summed E-state index contributed by atoms with van der Waals surface area (Å²) < 4.78 is 0. The first-order chi connectivity index (χ1) is 17.8. The molecule has 2 aliphatic rings. The number of anilines is 2. The molecule has 2 bridgehead atoms. The number of para-hydroxylation sites is 1. The minimum Gasteiger partial charge on any atom is -0.355 e. The van der Waals surface area contributed by atoms with Crippen LogP contribution in [-0.4, -0.2) is 0 Å². The van der Waals surface area contributed by atoms with Gasteiger partial charge in [-0.1, -0.05) is 103 Å². The van der Waals surface area contributed by atoms with Crippen molar-refractivity contribution in [2.45, 2.75) is 31.6 Å². The molecule has 1 heteroatoms. The van der Waals surface area contributed by atoms with Gasteiger partial charge in [0.05, 0.1) is 0 Å². The summed E-state index contributed by atoms with van der Waals surface area (Å²) in [6.45, 7) is 0. The van der Waals surface area contributed by atoms with Gasteiger partial charge < -0.3 is 5.32 Å². The molecule has 3 unspecified atom stereocenters. The van der Waals surface area contributed by atoms with E-state index in [2.05, 4.69) is 121 Å². The Kier molecular flexibility index (Phi) is 5.35.